The molecule has 0 saturated carbocycles. The number of ether oxygens (including phenoxy) is 1. The first-order chi connectivity index (χ1) is 23.3. The van der Waals surface area contributed by atoms with Crippen molar-refractivity contribution < 1.29 is 14.6 Å². The molecule has 2 atom stereocenters. The average Bonchev–Trinajstić information content (AvgIpc) is 3.68. The number of nitrogens with zero attached hydrogens (tertiary/aromatic N) is 4. The lowest BCUT2D eigenvalue weighted by Gasteiger charge is -2.24. The van der Waals surface area contributed by atoms with Gasteiger partial charge in [0.2, 0.25) is 0 Å². The Kier molecular flexibility index (Phi) is 15.3. The molecule has 1 saturated heterocycles. The maximum atomic E-state index is 8.36. The lowest BCUT2D eigenvalue weighted by atomic mass is 9.95. The average molecular weight is 660 g/mol. The number of fused-ring (bicyclic) bond motifs is 1. The van der Waals surface area contributed by atoms with Crippen molar-refractivity contribution in [3.05, 3.63) is 64.6 Å². The molecule has 2 aliphatic heterocycles. The molecule has 0 bridgehead atoms. The zero-order valence-electron chi connectivity index (χ0n) is 30.3. The first kappa shape index (κ1) is 37.4. The van der Waals surface area contributed by atoms with Gasteiger partial charge in [0.05, 0.1) is 18.0 Å². The molecule has 8 heteroatoms. The number of anilines is 1. The van der Waals surface area contributed by atoms with Gasteiger partial charge in [0, 0.05) is 37.1 Å². The Morgan fingerprint density at radius 1 is 1.08 bits per heavy atom. The summed E-state index contributed by atoms with van der Waals surface area (Å²) in [5.74, 6) is 4.15. The molecule has 8 nitrogen and oxygen atoms in total. The summed E-state index contributed by atoms with van der Waals surface area (Å²) in [5, 5.41) is 15.2. The van der Waals surface area contributed by atoms with Crippen LogP contribution >= 0.6 is 0 Å². The Bertz CT molecular complexity index is 1400. The number of aromatic nitrogens is 3. The van der Waals surface area contributed by atoms with Crippen molar-refractivity contribution in [3.63, 3.8) is 0 Å². The van der Waals surface area contributed by atoms with E-state index in [1.165, 1.54) is 81.3 Å². The minimum Gasteiger partial charge on any atom is -0.494 e. The Hall–Kier alpha value is -3.39. The fourth-order valence-corrected chi connectivity index (χ4v) is 7.27. The predicted molar refractivity (Wildman–Crippen MR) is 197 cm³/mol. The molecule has 2 aliphatic rings. The molecular weight excluding hydrogens is 598 g/mol. The van der Waals surface area contributed by atoms with Crippen molar-refractivity contribution in [2.24, 2.45) is 11.8 Å². The Morgan fingerprint density at radius 3 is 2.62 bits per heavy atom. The summed E-state index contributed by atoms with van der Waals surface area (Å²) in [6, 6.07) is 13.6. The number of aryl methyl sites for hydroxylation is 4. The summed E-state index contributed by atoms with van der Waals surface area (Å²) < 4.78 is 8.51. The van der Waals surface area contributed by atoms with E-state index in [9.17, 15) is 0 Å². The van der Waals surface area contributed by atoms with E-state index in [-0.39, 0.29) is 6.47 Å². The van der Waals surface area contributed by atoms with Crippen molar-refractivity contribution in [1.82, 2.24) is 19.7 Å². The van der Waals surface area contributed by atoms with E-state index < -0.39 is 0 Å². The molecule has 0 amide bonds. The summed E-state index contributed by atoms with van der Waals surface area (Å²) in [4.78, 5) is 16.0. The van der Waals surface area contributed by atoms with Crippen LogP contribution in [0.3, 0.4) is 0 Å². The maximum Gasteiger partial charge on any atom is 0.290 e. The van der Waals surface area contributed by atoms with Crippen molar-refractivity contribution >= 4 is 12.3 Å². The monoisotopic (exact) mass is 659 g/mol. The smallest absolute Gasteiger partial charge is 0.290 e. The molecule has 2 aromatic heterocycles. The molecule has 48 heavy (non-hydrogen) atoms. The largest absolute Gasteiger partial charge is 0.494 e. The number of pyridine rings is 1. The molecule has 2 N–H and O–H groups in total. The second-order valence-electron chi connectivity index (χ2n) is 14.4. The lowest BCUT2D eigenvalue weighted by Crippen LogP contribution is -2.26. The fourth-order valence-electron chi connectivity index (χ4n) is 7.27. The third-order valence-electron chi connectivity index (χ3n) is 9.94. The highest BCUT2D eigenvalue weighted by Gasteiger charge is 2.26. The zero-order chi connectivity index (χ0) is 34.3. The molecule has 0 spiro atoms. The molecular formula is C40H61N5O3. The highest BCUT2D eigenvalue weighted by atomic mass is 16.5. The molecule has 3 aromatic rings. The van der Waals surface area contributed by atoms with Crippen LogP contribution in [0.25, 0.3) is 5.69 Å². The Labute approximate surface area is 289 Å². The summed E-state index contributed by atoms with van der Waals surface area (Å²) in [5.41, 5.74) is 7.33. The van der Waals surface area contributed by atoms with Gasteiger partial charge in [0.1, 0.15) is 11.6 Å². The van der Waals surface area contributed by atoms with Gasteiger partial charge in [0.25, 0.3) is 6.47 Å². The number of rotatable bonds is 17. The number of unbranched alkanes of at least 4 members (excludes halogenated alkanes) is 4. The topological polar surface area (TPSA) is 92.5 Å². The van der Waals surface area contributed by atoms with Crippen LogP contribution in [0.4, 0.5) is 5.82 Å². The molecule has 1 aromatic carbocycles. The van der Waals surface area contributed by atoms with Crippen molar-refractivity contribution in [2.45, 2.75) is 118 Å². The number of hydrogen-bond acceptors (Lipinski definition) is 6. The molecule has 5 rings (SSSR count). The van der Waals surface area contributed by atoms with Crippen LogP contribution in [-0.4, -0.2) is 64.0 Å². The van der Waals surface area contributed by atoms with Crippen LogP contribution < -0.4 is 10.1 Å². The first-order valence-corrected chi connectivity index (χ1v) is 18.6. The molecule has 0 radical (unpaired) electrons. The van der Waals surface area contributed by atoms with Gasteiger partial charge in [0.15, 0.2) is 0 Å². The first-order valence-electron chi connectivity index (χ1n) is 18.6. The van der Waals surface area contributed by atoms with Crippen LogP contribution in [0.1, 0.15) is 119 Å². The molecule has 2 unspecified atom stereocenters. The second-order valence-corrected chi connectivity index (χ2v) is 14.4. The van der Waals surface area contributed by atoms with Crippen molar-refractivity contribution in [1.29, 1.82) is 0 Å². The van der Waals surface area contributed by atoms with Crippen LogP contribution in [-0.2, 0) is 17.6 Å². The van der Waals surface area contributed by atoms with Gasteiger partial charge in [-0.15, -0.1) is 0 Å². The van der Waals surface area contributed by atoms with Gasteiger partial charge in [-0.05, 0) is 118 Å². The van der Waals surface area contributed by atoms with Crippen LogP contribution in [0.2, 0.25) is 0 Å². The molecule has 0 aliphatic carbocycles. The highest BCUT2D eigenvalue weighted by Crippen LogP contribution is 2.31. The third-order valence-corrected chi connectivity index (χ3v) is 9.94. The summed E-state index contributed by atoms with van der Waals surface area (Å²) in [6.07, 6.45) is 14.8. The number of hydrogen-bond donors (Lipinski definition) is 2. The summed E-state index contributed by atoms with van der Waals surface area (Å²) >= 11 is 0. The van der Waals surface area contributed by atoms with E-state index in [1.807, 2.05) is 0 Å². The van der Waals surface area contributed by atoms with Crippen LogP contribution in [0, 0.1) is 25.7 Å². The minimum atomic E-state index is -0.250. The van der Waals surface area contributed by atoms with Crippen molar-refractivity contribution in [3.8, 4) is 11.4 Å². The Morgan fingerprint density at radius 2 is 1.88 bits per heavy atom. The minimum absolute atomic E-state index is 0.250. The van der Waals surface area contributed by atoms with E-state index in [1.54, 1.807) is 0 Å². The predicted octanol–water partition coefficient (Wildman–Crippen LogP) is 8.77. The van der Waals surface area contributed by atoms with E-state index in [4.69, 9.17) is 24.7 Å². The van der Waals surface area contributed by atoms with E-state index in [0.29, 0.717) is 5.92 Å². The lowest BCUT2D eigenvalue weighted by molar-refractivity contribution is -0.122. The fraction of sp³-hybridized carbons (Fsp3) is 0.625. The quantitative estimate of drug-likeness (QED) is 0.111. The van der Waals surface area contributed by atoms with Gasteiger partial charge >= 0.3 is 0 Å². The number of benzene rings is 1. The number of nitrogens with one attached hydrogen (secondary N) is 1. The van der Waals surface area contributed by atoms with Crippen molar-refractivity contribution in [2.75, 3.05) is 38.1 Å². The van der Waals surface area contributed by atoms with Gasteiger partial charge in [-0.1, -0.05) is 58.9 Å². The van der Waals surface area contributed by atoms with E-state index >= 15 is 0 Å². The third kappa shape index (κ3) is 11.6. The summed E-state index contributed by atoms with van der Waals surface area (Å²) in [6.45, 7) is 16.3. The Balaban J connectivity index is 0.00000167. The zero-order valence-corrected chi connectivity index (χ0v) is 30.3. The molecule has 264 valence electrons. The summed E-state index contributed by atoms with van der Waals surface area (Å²) in [7, 11) is 0. The number of carbonyl (C=O) groups is 1. The second kappa shape index (κ2) is 19.6. The maximum absolute atomic E-state index is 8.36. The molecule has 4 heterocycles. The number of likely N-dealkylation sites (tertiary alicyclic amines) is 1. The van der Waals surface area contributed by atoms with Gasteiger partial charge < -0.3 is 20.1 Å². The van der Waals surface area contributed by atoms with E-state index in [0.717, 1.165) is 85.9 Å². The van der Waals surface area contributed by atoms with Gasteiger partial charge in [-0.2, -0.15) is 5.10 Å². The SMILES string of the molecule is CCC(CN1CCC(CCc2ccc3c(n2)NCCC3)C1)c1cc(OCCCCCCCC(C)C)cc(-n2nc(C)cc2C)c1.O=CO. The van der Waals surface area contributed by atoms with E-state index in [2.05, 4.69) is 85.9 Å². The molecule has 1 fully saturated rings. The normalized spacial score (nSPS) is 16.6. The standard InChI is InChI=1S/C39H59N5O.CH2O2/c1-6-33(28-43-21-19-32(27-43)15-17-36-18-16-34-14-12-20-40-39(34)41-36)35-24-37(44-31(5)23-30(4)42-44)26-38(25-35)45-22-11-9-7-8-10-13-29(2)3;2-1-3/h16,18,23-26,29,32-33H,6-15,17,19-22,27-28H2,1-5H3,(H,40,41);1H,(H,2,3). The van der Waals surface area contributed by atoms with Crippen LogP contribution in [0.5, 0.6) is 5.75 Å². The van der Waals surface area contributed by atoms with Gasteiger partial charge in [-0.25, -0.2) is 9.67 Å². The van der Waals surface area contributed by atoms with Crippen LogP contribution in [0.15, 0.2) is 36.4 Å². The number of carboxylic acid groups (broad SMARTS) is 1. The van der Waals surface area contributed by atoms with Gasteiger partial charge in [-0.3, -0.25) is 4.79 Å². The highest BCUT2D eigenvalue weighted by molar-refractivity contribution is 5.47.